The van der Waals surface area contributed by atoms with Gasteiger partial charge in [-0.1, -0.05) is 73.7 Å². The molecule has 26 heavy (non-hydrogen) atoms. The van der Waals surface area contributed by atoms with E-state index in [-0.39, 0.29) is 0 Å². The van der Waals surface area contributed by atoms with E-state index in [1.54, 1.807) is 0 Å². The molecular formula is C22H21N2OP. The van der Waals surface area contributed by atoms with Crippen LogP contribution < -0.4 is 15.7 Å². The Morgan fingerprint density at radius 2 is 1.27 bits per heavy atom. The van der Waals surface area contributed by atoms with Crippen LogP contribution in [0.5, 0.6) is 0 Å². The number of nitrogens with zero attached hydrogens (tertiary/aromatic N) is 1. The van der Waals surface area contributed by atoms with Crippen LogP contribution in [0, 0.1) is 11.3 Å². The van der Waals surface area contributed by atoms with Crippen LogP contribution in [-0.2, 0) is 10.1 Å². The van der Waals surface area contributed by atoms with Crippen molar-refractivity contribution in [2.24, 2.45) is 0 Å². The summed E-state index contributed by atoms with van der Waals surface area (Å²) in [6.45, 7) is 1.93. The number of benzene rings is 3. The molecule has 3 aromatic rings. The second-order valence-corrected chi connectivity index (χ2v) is 8.60. The van der Waals surface area contributed by atoms with E-state index in [2.05, 4.69) is 11.2 Å². The molecule has 3 aromatic carbocycles. The number of nitriles is 1. The van der Waals surface area contributed by atoms with Gasteiger partial charge in [0.25, 0.3) is 0 Å². The fourth-order valence-electron chi connectivity index (χ4n) is 3.06. The van der Waals surface area contributed by atoms with Crippen molar-refractivity contribution in [2.75, 3.05) is 0 Å². The maximum absolute atomic E-state index is 14.3. The van der Waals surface area contributed by atoms with E-state index < -0.39 is 12.8 Å². The first-order chi connectivity index (χ1) is 12.6. The lowest BCUT2D eigenvalue weighted by Crippen LogP contribution is -2.43. The van der Waals surface area contributed by atoms with Gasteiger partial charge in [0.15, 0.2) is 0 Å². The van der Waals surface area contributed by atoms with Crippen LogP contribution in [0.2, 0.25) is 0 Å². The van der Waals surface area contributed by atoms with Gasteiger partial charge in [-0.2, -0.15) is 5.26 Å². The van der Waals surface area contributed by atoms with Gasteiger partial charge in [-0.25, -0.2) is 5.09 Å². The highest BCUT2D eigenvalue weighted by Gasteiger charge is 2.39. The zero-order valence-electron chi connectivity index (χ0n) is 14.7. The molecule has 0 fully saturated rings. The zero-order chi connectivity index (χ0) is 18.5. The topological polar surface area (TPSA) is 52.9 Å². The number of nitrogens with one attached hydrogen (secondary N) is 1. The average molecular weight is 360 g/mol. The monoisotopic (exact) mass is 360 g/mol. The fourth-order valence-corrected chi connectivity index (χ4v) is 5.68. The van der Waals surface area contributed by atoms with Gasteiger partial charge in [0.05, 0.1) is 6.07 Å². The van der Waals surface area contributed by atoms with Crippen molar-refractivity contribution in [2.45, 2.75) is 18.9 Å². The SMILES string of the molecule is CC[C@@](C#N)(NP(=O)(c1ccccc1)c1ccccc1)c1ccccc1. The molecule has 4 heteroatoms. The third-order valence-electron chi connectivity index (χ3n) is 4.58. The van der Waals surface area contributed by atoms with Crippen molar-refractivity contribution in [1.82, 2.24) is 5.09 Å². The minimum Gasteiger partial charge on any atom is -0.296 e. The molecule has 0 radical (unpaired) electrons. The molecule has 3 nitrogen and oxygen atoms in total. The van der Waals surface area contributed by atoms with Gasteiger partial charge in [0, 0.05) is 10.6 Å². The van der Waals surface area contributed by atoms with Crippen LogP contribution in [0.4, 0.5) is 0 Å². The standard InChI is InChI=1S/C22H21N2OP/c1-2-22(18-23,19-12-6-3-7-13-19)24-26(25,20-14-8-4-9-15-20)21-16-10-5-11-17-21/h3-17H,2H2,1H3,(H,24,25)/t22-/m0/s1. The highest BCUT2D eigenvalue weighted by molar-refractivity contribution is 7.77. The van der Waals surface area contributed by atoms with Crippen molar-refractivity contribution >= 4 is 17.9 Å². The second kappa shape index (κ2) is 7.70. The van der Waals surface area contributed by atoms with Crippen LogP contribution in [0.1, 0.15) is 18.9 Å². The highest BCUT2D eigenvalue weighted by Crippen LogP contribution is 2.44. The van der Waals surface area contributed by atoms with Crippen LogP contribution in [-0.4, -0.2) is 0 Å². The Morgan fingerprint density at radius 3 is 1.65 bits per heavy atom. The van der Waals surface area contributed by atoms with E-state index in [4.69, 9.17) is 0 Å². The predicted octanol–water partition coefficient (Wildman–Crippen LogP) is 4.33. The van der Waals surface area contributed by atoms with Gasteiger partial charge in [-0.05, 0) is 36.2 Å². The minimum atomic E-state index is -3.22. The third kappa shape index (κ3) is 3.35. The molecule has 0 heterocycles. The number of rotatable bonds is 6. The molecule has 0 aliphatic rings. The van der Waals surface area contributed by atoms with E-state index in [9.17, 15) is 9.83 Å². The molecule has 0 saturated heterocycles. The summed E-state index contributed by atoms with van der Waals surface area (Å²) in [5, 5.41) is 14.7. The minimum absolute atomic E-state index is 0.497. The number of hydrogen-bond donors (Lipinski definition) is 1. The molecule has 0 amide bonds. The fraction of sp³-hybridized carbons (Fsp3) is 0.136. The Balaban J connectivity index is 2.17. The molecule has 0 unspecified atom stereocenters. The summed E-state index contributed by atoms with van der Waals surface area (Å²) in [7, 11) is -3.22. The van der Waals surface area contributed by atoms with Crippen molar-refractivity contribution in [3.05, 3.63) is 96.6 Å². The first-order valence-corrected chi connectivity index (χ1v) is 10.3. The van der Waals surface area contributed by atoms with Crippen LogP contribution in [0.3, 0.4) is 0 Å². The Bertz CT molecular complexity index is 893. The molecule has 130 valence electrons. The summed E-state index contributed by atoms with van der Waals surface area (Å²) in [6.07, 6.45) is 0.497. The average Bonchev–Trinajstić information content (AvgIpc) is 2.74. The lowest BCUT2D eigenvalue weighted by molar-refractivity contribution is 0.484. The number of hydrogen-bond acceptors (Lipinski definition) is 2. The van der Waals surface area contributed by atoms with E-state index in [0.29, 0.717) is 17.0 Å². The Morgan fingerprint density at radius 1 is 0.846 bits per heavy atom. The molecule has 0 bridgehead atoms. The highest BCUT2D eigenvalue weighted by atomic mass is 31.2. The molecule has 0 saturated carbocycles. The van der Waals surface area contributed by atoms with E-state index in [1.165, 1.54) is 0 Å². The molecule has 1 N–H and O–H groups in total. The first-order valence-electron chi connectivity index (χ1n) is 8.62. The smallest absolute Gasteiger partial charge is 0.206 e. The molecule has 3 rings (SSSR count). The maximum atomic E-state index is 14.3. The van der Waals surface area contributed by atoms with Gasteiger partial charge in [-0.15, -0.1) is 0 Å². The third-order valence-corrected chi connectivity index (χ3v) is 7.32. The van der Waals surface area contributed by atoms with Gasteiger partial charge in [-0.3, -0.25) is 4.57 Å². The predicted molar refractivity (Wildman–Crippen MR) is 107 cm³/mol. The zero-order valence-corrected chi connectivity index (χ0v) is 15.6. The van der Waals surface area contributed by atoms with Crippen molar-refractivity contribution in [3.8, 4) is 6.07 Å². The van der Waals surface area contributed by atoms with Crippen molar-refractivity contribution in [1.29, 1.82) is 5.26 Å². The summed E-state index contributed by atoms with van der Waals surface area (Å²) in [4.78, 5) is 0. The van der Waals surface area contributed by atoms with Gasteiger partial charge >= 0.3 is 0 Å². The van der Waals surface area contributed by atoms with Crippen molar-refractivity contribution < 1.29 is 4.57 Å². The molecule has 0 aliphatic heterocycles. The Kier molecular flexibility index (Phi) is 5.38. The Hall–Kier alpha value is -2.66. The van der Waals surface area contributed by atoms with E-state index in [1.807, 2.05) is 97.9 Å². The van der Waals surface area contributed by atoms with Crippen LogP contribution >= 0.6 is 7.29 Å². The van der Waals surface area contributed by atoms with Gasteiger partial charge < -0.3 is 0 Å². The Labute approximate surface area is 154 Å². The first kappa shape index (κ1) is 18.1. The summed E-state index contributed by atoms with van der Waals surface area (Å²) in [5.41, 5.74) is -0.222. The molecule has 0 aromatic heterocycles. The van der Waals surface area contributed by atoms with Crippen molar-refractivity contribution in [3.63, 3.8) is 0 Å². The van der Waals surface area contributed by atoms with Gasteiger partial charge in [0.1, 0.15) is 5.54 Å². The summed E-state index contributed by atoms with van der Waals surface area (Å²) in [6, 6.07) is 30.6. The quantitative estimate of drug-likeness (QED) is 0.666. The lowest BCUT2D eigenvalue weighted by Gasteiger charge is -2.33. The molecular weight excluding hydrogens is 339 g/mol. The maximum Gasteiger partial charge on any atom is 0.206 e. The van der Waals surface area contributed by atoms with Crippen LogP contribution in [0.15, 0.2) is 91.0 Å². The largest absolute Gasteiger partial charge is 0.296 e. The van der Waals surface area contributed by atoms with Crippen LogP contribution in [0.25, 0.3) is 0 Å². The summed E-state index contributed by atoms with van der Waals surface area (Å²) in [5.74, 6) is 0. The van der Waals surface area contributed by atoms with Gasteiger partial charge in [0.2, 0.25) is 7.29 Å². The summed E-state index contributed by atoms with van der Waals surface area (Å²) >= 11 is 0. The molecule has 1 atom stereocenters. The normalized spacial score (nSPS) is 13.5. The van der Waals surface area contributed by atoms with E-state index >= 15 is 0 Å². The molecule has 0 aliphatic carbocycles. The lowest BCUT2D eigenvalue weighted by atomic mass is 9.90. The second-order valence-electron chi connectivity index (χ2n) is 6.13. The molecule has 0 spiro atoms. The summed E-state index contributed by atoms with van der Waals surface area (Å²) < 4.78 is 14.3. The van der Waals surface area contributed by atoms with E-state index in [0.717, 1.165) is 5.56 Å².